The normalized spacial score (nSPS) is 20.3. The number of amides is 1. The largest absolute Gasteiger partial charge is 0.366 e. The van der Waals surface area contributed by atoms with Gasteiger partial charge in [-0.2, -0.15) is 18.6 Å². The zero-order valence-corrected chi connectivity index (χ0v) is 18.5. The minimum atomic E-state index is -2.56. The van der Waals surface area contributed by atoms with Crippen LogP contribution in [0.3, 0.4) is 0 Å². The van der Waals surface area contributed by atoms with Gasteiger partial charge in [-0.1, -0.05) is 13.8 Å². The predicted molar refractivity (Wildman–Crippen MR) is 118 cm³/mol. The summed E-state index contributed by atoms with van der Waals surface area (Å²) in [5.41, 5.74) is 3.29. The monoisotopic (exact) mass is 438 g/mol. The first kappa shape index (κ1) is 22.3. The molecule has 1 aliphatic heterocycles. The molecule has 0 bridgehead atoms. The number of halogens is 2. The highest BCUT2D eigenvalue weighted by Gasteiger charge is 2.46. The van der Waals surface area contributed by atoms with Crippen molar-refractivity contribution in [2.45, 2.75) is 58.2 Å². The number of nitrogens with zero attached hydrogens (tertiary/aromatic N) is 4. The number of aryl methyl sites for hydroxylation is 1. The molecular formula is C20H28F2N6OS. The predicted octanol–water partition coefficient (Wildman–Crippen LogP) is 3.69. The van der Waals surface area contributed by atoms with Crippen LogP contribution in [0.4, 0.5) is 26.0 Å². The van der Waals surface area contributed by atoms with Crippen LogP contribution in [0.2, 0.25) is 0 Å². The Morgan fingerprint density at radius 3 is 2.70 bits per heavy atom. The van der Waals surface area contributed by atoms with E-state index in [1.165, 1.54) is 0 Å². The van der Waals surface area contributed by atoms with Crippen LogP contribution < -0.4 is 15.5 Å². The number of alkyl halides is 2. The van der Waals surface area contributed by atoms with Crippen molar-refractivity contribution >= 4 is 36.6 Å². The first-order chi connectivity index (χ1) is 13.6. The van der Waals surface area contributed by atoms with Gasteiger partial charge in [0.1, 0.15) is 11.9 Å². The third-order valence-electron chi connectivity index (χ3n) is 5.70. The minimum Gasteiger partial charge on any atom is -0.366 e. The number of hydrogen-bond donors (Lipinski definition) is 2. The molecule has 0 aromatic carbocycles. The molecule has 0 spiro atoms. The SMILES string of the molecule is Cc1nc(NCc2cnn(C3CC(F)(F)C3)c2)cc2c1NC(=O)[C@H](C(C)C)N2C.S. The molecule has 2 aliphatic rings. The van der Waals surface area contributed by atoms with Gasteiger partial charge in [-0.3, -0.25) is 9.48 Å². The highest BCUT2D eigenvalue weighted by molar-refractivity contribution is 7.59. The summed E-state index contributed by atoms with van der Waals surface area (Å²) in [4.78, 5) is 19.0. The van der Waals surface area contributed by atoms with Crippen LogP contribution in [0, 0.1) is 12.8 Å². The molecule has 1 amide bonds. The molecule has 10 heteroatoms. The summed E-state index contributed by atoms with van der Waals surface area (Å²) in [5.74, 6) is -1.72. The molecule has 30 heavy (non-hydrogen) atoms. The van der Waals surface area contributed by atoms with Gasteiger partial charge in [0.05, 0.1) is 29.3 Å². The summed E-state index contributed by atoms with van der Waals surface area (Å²) in [5, 5.41) is 10.5. The number of rotatable bonds is 5. The molecule has 7 nitrogen and oxygen atoms in total. The summed E-state index contributed by atoms with van der Waals surface area (Å²) in [6.07, 6.45) is 3.19. The fraction of sp³-hybridized carbons (Fsp3) is 0.550. The standard InChI is InChI=1S/C20H26F2N6O.H2S/c1-11(2)18-19(29)26-17-12(3)25-16(5-15(17)27(18)4)23-8-13-9-24-28(10-13)14-6-20(21,22)7-14;/h5,9-11,14,18H,6-8H2,1-4H3,(H,23,25)(H,26,29);1H2/t18-;/m0./s1. The van der Waals surface area contributed by atoms with Crippen molar-refractivity contribution in [2.24, 2.45) is 5.92 Å². The molecule has 1 atom stereocenters. The number of pyridine rings is 1. The maximum atomic E-state index is 13.1. The van der Waals surface area contributed by atoms with Crippen molar-refractivity contribution < 1.29 is 13.6 Å². The van der Waals surface area contributed by atoms with Crippen LogP contribution in [0.15, 0.2) is 18.5 Å². The maximum Gasteiger partial charge on any atom is 0.252 e. The van der Waals surface area contributed by atoms with E-state index in [4.69, 9.17) is 0 Å². The number of likely N-dealkylation sites (N-methyl/N-ethyl adjacent to an activating group) is 1. The summed E-state index contributed by atoms with van der Waals surface area (Å²) in [7, 11) is 1.92. The van der Waals surface area contributed by atoms with Crippen molar-refractivity contribution in [3.63, 3.8) is 0 Å². The molecule has 1 aliphatic carbocycles. The smallest absolute Gasteiger partial charge is 0.252 e. The van der Waals surface area contributed by atoms with Crippen LogP contribution in [0.1, 0.15) is 44.0 Å². The highest BCUT2D eigenvalue weighted by atomic mass is 32.1. The van der Waals surface area contributed by atoms with Gasteiger partial charge >= 0.3 is 0 Å². The number of anilines is 3. The lowest BCUT2D eigenvalue weighted by Crippen LogP contribution is -2.49. The van der Waals surface area contributed by atoms with E-state index in [1.807, 2.05) is 38.8 Å². The number of hydrogen-bond acceptors (Lipinski definition) is 5. The zero-order chi connectivity index (χ0) is 20.9. The summed E-state index contributed by atoms with van der Waals surface area (Å²) in [6.45, 7) is 6.39. The van der Waals surface area contributed by atoms with Crippen molar-refractivity contribution in [1.82, 2.24) is 14.8 Å². The van der Waals surface area contributed by atoms with Gasteiger partial charge in [-0.25, -0.2) is 13.8 Å². The Hall–Kier alpha value is -2.36. The second-order valence-corrected chi connectivity index (χ2v) is 8.38. The topological polar surface area (TPSA) is 75.1 Å². The Morgan fingerprint density at radius 2 is 2.07 bits per heavy atom. The van der Waals surface area contributed by atoms with Gasteiger partial charge in [-0.15, -0.1) is 0 Å². The van der Waals surface area contributed by atoms with Gasteiger partial charge in [0, 0.05) is 44.3 Å². The van der Waals surface area contributed by atoms with E-state index in [0.717, 1.165) is 22.6 Å². The van der Waals surface area contributed by atoms with Crippen LogP contribution in [0.25, 0.3) is 0 Å². The molecule has 3 heterocycles. The fourth-order valence-corrected chi connectivity index (χ4v) is 4.13. The van der Waals surface area contributed by atoms with E-state index in [1.54, 1.807) is 17.1 Å². The van der Waals surface area contributed by atoms with Gasteiger partial charge < -0.3 is 15.5 Å². The molecular weight excluding hydrogens is 410 g/mol. The van der Waals surface area contributed by atoms with Gasteiger partial charge in [-0.05, 0) is 12.8 Å². The zero-order valence-electron chi connectivity index (χ0n) is 17.5. The summed E-state index contributed by atoms with van der Waals surface area (Å²) in [6, 6.07) is 1.46. The lowest BCUT2D eigenvalue weighted by molar-refractivity contribution is -0.118. The first-order valence-electron chi connectivity index (χ1n) is 9.85. The van der Waals surface area contributed by atoms with Crippen molar-refractivity contribution in [2.75, 3.05) is 22.6 Å². The van der Waals surface area contributed by atoms with Gasteiger partial charge in [0.15, 0.2) is 0 Å². The molecule has 164 valence electrons. The van der Waals surface area contributed by atoms with E-state index in [2.05, 4.69) is 20.7 Å². The van der Waals surface area contributed by atoms with Gasteiger partial charge in [0.25, 0.3) is 5.92 Å². The lowest BCUT2D eigenvalue weighted by atomic mass is 9.88. The van der Waals surface area contributed by atoms with E-state index in [0.29, 0.717) is 12.4 Å². The molecule has 2 aromatic rings. The third-order valence-corrected chi connectivity index (χ3v) is 5.70. The van der Waals surface area contributed by atoms with E-state index < -0.39 is 5.92 Å². The minimum absolute atomic E-state index is 0. The fourth-order valence-electron chi connectivity index (χ4n) is 4.13. The number of aromatic nitrogens is 3. The maximum absolute atomic E-state index is 13.1. The summed E-state index contributed by atoms with van der Waals surface area (Å²) < 4.78 is 27.8. The molecule has 1 saturated carbocycles. The van der Waals surface area contributed by atoms with E-state index in [-0.39, 0.29) is 50.2 Å². The Labute approximate surface area is 181 Å². The highest BCUT2D eigenvalue weighted by Crippen LogP contribution is 2.45. The Balaban J connectivity index is 0.00000256. The Bertz CT molecular complexity index is 939. The molecule has 0 unspecified atom stereocenters. The second kappa shape index (κ2) is 8.05. The average Bonchev–Trinajstić information content (AvgIpc) is 3.07. The quantitative estimate of drug-likeness (QED) is 0.745. The number of nitrogens with one attached hydrogen (secondary N) is 2. The molecule has 2 N–H and O–H groups in total. The van der Waals surface area contributed by atoms with Crippen molar-refractivity contribution in [3.05, 3.63) is 29.7 Å². The van der Waals surface area contributed by atoms with Crippen LogP contribution in [-0.2, 0) is 11.3 Å². The molecule has 4 rings (SSSR count). The Morgan fingerprint density at radius 1 is 1.37 bits per heavy atom. The third kappa shape index (κ3) is 4.10. The summed E-state index contributed by atoms with van der Waals surface area (Å²) >= 11 is 0. The number of carbonyl (C=O) groups excluding carboxylic acids is 1. The van der Waals surface area contributed by atoms with Gasteiger partial charge in [0.2, 0.25) is 5.91 Å². The molecule has 0 saturated heterocycles. The molecule has 0 radical (unpaired) electrons. The first-order valence-corrected chi connectivity index (χ1v) is 9.85. The number of carbonyl (C=O) groups is 1. The lowest BCUT2D eigenvalue weighted by Gasteiger charge is -2.38. The van der Waals surface area contributed by atoms with Crippen LogP contribution >= 0.6 is 13.5 Å². The van der Waals surface area contributed by atoms with Crippen molar-refractivity contribution in [1.29, 1.82) is 0 Å². The van der Waals surface area contributed by atoms with E-state index in [9.17, 15) is 13.6 Å². The van der Waals surface area contributed by atoms with Crippen molar-refractivity contribution in [3.8, 4) is 0 Å². The Kier molecular flexibility index (Phi) is 5.99. The van der Waals surface area contributed by atoms with Crippen LogP contribution in [0.5, 0.6) is 0 Å². The molecule has 1 fully saturated rings. The molecule has 2 aromatic heterocycles. The average molecular weight is 439 g/mol. The number of fused-ring (bicyclic) bond motifs is 1. The second-order valence-electron chi connectivity index (χ2n) is 8.38. The van der Waals surface area contributed by atoms with Crippen LogP contribution in [-0.4, -0.2) is 39.7 Å². The van der Waals surface area contributed by atoms with E-state index >= 15 is 0 Å².